The molecular weight excluding hydrogens is 312 g/mol. The number of fused-ring (bicyclic) bond motifs is 1. The molecule has 0 radical (unpaired) electrons. The number of aromatic nitrogens is 1. The van der Waals surface area contributed by atoms with Crippen LogP contribution in [0.15, 0.2) is 66.7 Å². The number of nitrogens with zero attached hydrogens (tertiary/aromatic N) is 2. The third-order valence-corrected chi connectivity index (χ3v) is 3.75. The molecule has 124 valence electrons. The molecule has 0 aliphatic rings. The highest BCUT2D eigenvalue weighted by atomic mass is 16.6. The second kappa shape index (κ2) is 7.98. The van der Waals surface area contributed by atoms with Gasteiger partial charge in [0.2, 0.25) is 0 Å². The van der Waals surface area contributed by atoms with Crippen molar-refractivity contribution in [2.45, 2.75) is 13.2 Å². The Kier molecular flexibility index (Phi) is 5.28. The summed E-state index contributed by atoms with van der Waals surface area (Å²) < 4.78 is 5.37. The van der Waals surface area contributed by atoms with Gasteiger partial charge in [-0.15, -0.1) is 6.42 Å². The zero-order valence-corrected chi connectivity index (χ0v) is 13.8. The number of carbonyl (C=O) groups is 1. The number of rotatable bonds is 5. The molecule has 3 rings (SSSR count). The topological polar surface area (TPSA) is 42.4 Å². The van der Waals surface area contributed by atoms with E-state index in [1.54, 1.807) is 0 Å². The summed E-state index contributed by atoms with van der Waals surface area (Å²) in [6.07, 6.45) is 4.95. The lowest BCUT2D eigenvalue weighted by atomic mass is 10.2. The molecule has 0 unspecified atom stereocenters. The second-order valence-electron chi connectivity index (χ2n) is 5.60. The highest BCUT2D eigenvalue weighted by Gasteiger charge is 2.15. The highest BCUT2D eigenvalue weighted by molar-refractivity contribution is 5.78. The minimum absolute atomic E-state index is 0.169. The van der Waals surface area contributed by atoms with Gasteiger partial charge >= 0.3 is 6.09 Å². The van der Waals surface area contributed by atoms with Gasteiger partial charge in [-0.1, -0.05) is 60.5 Å². The van der Waals surface area contributed by atoms with Gasteiger partial charge in [-0.2, -0.15) is 0 Å². The van der Waals surface area contributed by atoms with Crippen LogP contribution < -0.4 is 0 Å². The van der Waals surface area contributed by atoms with Crippen molar-refractivity contribution < 1.29 is 9.53 Å². The number of benzene rings is 2. The summed E-state index contributed by atoms with van der Waals surface area (Å²) in [7, 11) is 0. The number of carbonyl (C=O) groups excluding carboxylic acids is 1. The van der Waals surface area contributed by atoms with E-state index in [-0.39, 0.29) is 13.2 Å². The smallest absolute Gasteiger partial charge is 0.411 e. The molecule has 0 fully saturated rings. The molecule has 0 N–H and O–H groups in total. The van der Waals surface area contributed by atoms with E-state index in [1.807, 2.05) is 66.7 Å². The molecule has 4 nitrogen and oxygen atoms in total. The zero-order chi connectivity index (χ0) is 17.5. The van der Waals surface area contributed by atoms with Crippen LogP contribution in [-0.2, 0) is 17.9 Å². The molecular formula is C21H18N2O2. The Labute approximate surface area is 147 Å². The van der Waals surface area contributed by atoms with Gasteiger partial charge in [0.05, 0.1) is 24.3 Å². The Morgan fingerprint density at radius 1 is 1.04 bits per heavy atom. The largest absolute Gasteiger partial charge is 0.445 e. The van der Waals surface area contributed by atoms with Crippen LogP contribution in [0.3, 0.4) is 0 Å². The third kappa shape index (κ3) is 4.36. The maximum atomic E-state index is 12.4. The minimum Gasteiger partial charge on any atom is -0.445 e. The minimum atomic E-state index is -0.447. The van der Waals surface area contributed by atoms with E-state index < -0.39 is 6.09 Å². The van der Waals surface area contributed by atoms with Crippen LogP contribution in [0.25, 0.3) is 10.9 Å². The van der Waals surface area contributed by atoms with E-state index in [0.29, 0.717) is 6.54 Å². The summed E-state index contributed by atoms with van der Waals surface area (Å²) in [5.41, 5.74) is 2.59. The molecule has 0 aliphatic carbocycles. The first kappa shape index (κ1) is 16.5. The molecule has 1 aromatic heterocycles. The lowest BCUT2D eigenvalue weighted by molar-refractivity contribution is 0.0981. The average Bonchev–Trinajstić information content (AvgIpc) is 2.66. The van der Waals surface area contributed by atoms with Gasteiger partial charge in [-0.3, -0.25) is 9.88 Å². The van der Waals surface area contributed by atoms with Crippen LogP contribution in [0.2, 0.25) is 0 Å². The quantitative estimate of drug-likeness (QED) is 0.664. The van der Waals surface area contributed by atoms with Crippen LogP contribution in [-0.4, -0.2) is 22.5 Å². The molecule has 0 spiro atoms. The summed E-state index contributed by atoms with van der Waals surface area (Å²) in [6.45, 7) is 0.691. The number of terminal acetylenes is 1. The van der Waals surface area contributed by atoms with Crippen molar-refractivity contribution in [1.29, 1.82) is 0 Å². The monoisotopic (exact) mass is 330 g/mol. The van der Waals surface area contributed by atoms with Crippen molar-refractivity contribution in [3.8, 4) is 12.3 Å². The number of ether oxygens (including phenoxy) is 1. The van der Waals surface area contributed by atoms with Crippen molar-refractivity contribution >= 4 is 17.0 Å². The first-order chi connectivity index (χ1) is 12.3. The van der Waals surface area contributed by atoms with E-state index in [9.17, 15) is 4.79 Å². The Morgan fingerprint density at radius 2 is 1.80 bits per heavy atom. The Balaban J connectivity index is 1.69. The Morgan fingerprint density at radius 3 is 2.60 bits per heavy atom. The van der Waals surface area contributed by atoms with Gasteiger partial charge in [-0.25, -0.2) is 4.79 Å². The molecule has 0 saturated carbocycles. The van der Waals surface area contributed by atoms with Crippen molar-refractivity contribution in [3.05, 3.63) is 78.0 Å². The SMILES string of the molecule is C#CCN(Cc1ccc2ccccc2n1)C(=O)OCc1ccccc1. The lowest BCUT2D eigenvalue weighted by Gasteiger charge is -2.19. The van der Waals surface area contributed by atoms with Crippen molar-refractivity contribution in [3.63, 3.8) is 0 Å². The predicted molar refractivity (Wildman–Crippen MR) is 97.6 cm³/mol. The summed E-state index contributed by atoms with van der Waals surface area (Å²) in [4.78, 5) is 18.4. The van der Waals surface area contributed by atoms with E-state index in [1.165, 1.54) is 4.90 Å². The van der Waals surface area contributed by atoms with E-state index in [4.69, 9.17) is 11.2 Å². The van der Waals surface area contributed by atoms with Crippen molar-refractivity contribution in [1.82, 2.24) is 9.88 Å². The third-order valence-electron chi connectivity index (χ3n) is 3.75. The molecule has 0 saturated heterocycles. The molecule has 4 heteroatoms. The fourth-order valence-corrected chi connectivity index (χ4v) is 2.50. The molecule has 0 aliphatic heterocycles. The van der Waals surface area contributed by atoms with Crippen LogP contribution in [0.4, 0.5) is 4.79 Å². The van der Waals surface area contributed by atoms with Crippen LogP contribution in [0.1, 0.15) is 11.3 Å². The lowest BCUT2D eigenvalue weighted by Crippen LogP contribution is -2.31. The maximum absolute atomic E-state index is 12.4. The Hall–Kier alpha value is -3.32. The van der Waals surface area contributed by atoms with Gasteiger partial charge in [0.1, 0.15) is 6.61 Å². The van der Waals surface area contributed by atoms with E-state index >= 15 is 0 Å². The maximum Gasteiger partial charge on any atom is 0.411 e. The normalized spacial score (nSPS) is 10.2. The van der Waals surface area contributed by atoms with Crippen LogP contribution in [0.5, 0.6) is 0 Å². The second-order valence-corrected chi connectivity index (χ2v) is 5.60. The van der Waals surface area contributed by atoms with Gasteiger partial charge in [-0.05, 0) is 17.7 Å². The van der Waals surface area contributed by atoms with E-state index in [0.717, 1.165) is 22.2 Å². The van der Waals surface area contributed by atoms with Gasteiger partial charge < -0.3 is 4.74 Å². The predicted octanol–water partition coefficient (Wildman–Crippen LogP) is 4.01. The number of pyridine rings is 1. The standard InChI is InChI=1S/C21H18N2O2/c1-2-14-23(21(24)25-16-17-8-4-3-5-9-17)15-19-13-12-18-10-6-7-11-20(18)22-19/h1,3-13H,14-16H2. The van der Waals surface area contributed by atoms with Crippen molar-refractivity contribution in [2.75, 3.05) is 6.54 Å². The Bertz CT molecular complexity index is 900. The number of hydrogen-bond donors (Lipinski definition) is 0. The molecule has 1 amide bonds. The average molecular weight is 330 g/mol. The van der Waals surface area contributed by atoms with Crippen LogP contribution in [0, 0.1) is 12.3 Å². The van der Waals surface area contributed by atoms with Gasteiger partial charge in [0.15, 0.2) is 0 Å². The molecule has 1 heterocycles. The summed E-state index contributed by atoms with van der Waals surface area (Å²) >= 11 is 0. The first-order valence-corrected chi connectivity index (χ1v) is 8.00. The highest BCUT2D eigenvalue weighted by Crippen LogP contribution is 2.13. The van der Waals surface area contributed by atoms with Crippen molar-refractivity contribution in [2.24, 2.45) is 0 Å². The number of para-hydroxylation sites is 1. The van der Waals surface area contributed by atoms with Crippen LogP contribution >= 0.6 is 0 Å². The zero-order valence-electron chi connectivity index (χ0n) is 13.8. The number of hydrogen-bond acceptors (Lipinski definition) is 3. The fourth-order valence-electron chi connectivity index (χ4n) is 2.50. The fraction of sp³-hybridized carbons (Fsp3) is 0.143. The van der Waals surface area contributed by atoms with Gasteiger partial charge in [0, 0.05) is 5.39 Å². The van der Waals surface area contributed by atoms with Gasteiger partial charge in [0.25, 0.3) is 0 Å². The molecule has 0 bridgehead atoms. The summed E-state index contributed by atoms with van der Waals surface area (Å²) in [5.74, 6) is 2.50. The molecule has 0 atom stereocenters. The molecule has 25 heavy (non-hydrogen) atoms. The number of amides is 1. The van der Waals surface area contributed by atoms with E-state index in [2.05, 4.69) is 10.9 Å². The summed E-state index contributed by atoms with van der Waals surface area (Å²) in [5, 5.41) is 1.06. The molecule has 3 aromatic rings. The molecule has 2 aromatic carbocycles. The first-order valence-electron chi connectivity index (χ1n) is 8.00. The summed E-state index contributed by atoms with van der Waals surface area (Å²) in [6, 6.07) is 21.3.